The normalized spacial score (nSPS) is 17.8. The molecular formula is C29H46GdN4O10. The number of hydrogen-bond acceptors (Lipinski definition) is 10. The van der Waals surface area contributed by atoms with Crippen LogP contribution in [0.3, 0.4) is 0 Å². The standard InChI is InChI=1S/C29H46N4O10.Gd/c1-3-24(28(38)39)32-13-9-30(20-26(34)35)11-15-33(16-12-31(10-14-32)21-27(36)37)25(29(40)41)19-22-5-7-23(8-6-22)43-18-17-42-4-2;/h5-8,24-25H,3-4,9-21H2,1-2H3,(H,34,35)(H,36,37)(H,38,39)(H,40,41);. The summed E-state index contributed by atoms with van der Waals surface area (Å²) in [4.78, 5) is 54.5. The summed E-state index contributed by atoms with van der Waals surface area (Å²) in [6.07, 6.45) is 0.513. The molecule has 0 amide bonds. The van der Waals surface area contributed by atoms with E-state index in [1.165, 1.54) is 0 Å². The average molecular weight is 768 g/mol. The van der Waals surface area contributed by atoms with Crippen molar-refractivity contribution in [3.05, 3.63) is 29.8 Å². The molecule has 14 nitrogen and oxygen atoms in total. The molecule has 0 radical (unpaired) electrons. The Morgan fingerprint density at radius 2 is 1.16 bits per heavy atom. The molecule has 1 aliphatic rings. The summed E-state index contributed by atoms with van der Waals surface area (Å²) in [5.41, 5.74) is 0.773. The molecule has 0 saturated carbocycles. The van der Waals surface area contributed by atoms with Gasteiger partial charge in [0.1, 0.15) is 24.4 Å². The molecule has 1 aromatic carbocycles. The Morgan fingerprint density at radius 3 is 1.55 bits per heavy atom. The summed E-state index contributed by atoms with van der Waals surface area (Å²) in [5.74, 6) is -3.48. The van der Waals surface area contributed by atoms with Crippen molar-refractivity contribution in [3.63, 3.8) is 0 Å². The fourth-order valence-electron chi connectivity index (χ4n) is 5.12. The molecule has 0 spiro atoms. The van der Waals surface area contributed by atoms with E-state index in [2.05, 4.69) is 0 Å². The third-order valence-corrected chi connectivity index (χ3v) is 7.42. The van der Waals surface area contributed by atoms with Crippen molar-refractivity contribution in [1.29, 1.82) is 0 Å². The molecule has 15 heteroatoms. The van der Waals surface area contributed by atoms with Crippen LogP contribution in [0, 0.1) is 39.9 Å². The first kappa shape index (κ1) is 40.0. The van der Waals surface area contributed by atoms with Crippen LogP contribution in [0.4, 0.5) is 0 Å². The van der Waals surface area contributed by atoms with Crippen LogP contribution < -0.4 is 4.74 Å². The first-order valence-electron chi connectivity index (χ1n) is 14.6. The van der Waals surface area contributed by atoms with Gasteiger partial charge >= 0.3 is 23.9 Å². The molecule has 44 heavy (non-hydrogen) atoms. The predicted molar refractivity (Wildman–Crippen MR) is 157 cm³/mol. The number of nitrogens with zero attached hydrogens (tertiary/aromatic N) is 4. The Kier molecular flexibility index (Phi) is 19.8. The van der Waals surface area contributed by atoms with Gasteiger partial charge < -0.3 is 29.9 Å². The molecule has 0 aromatic heterocycles. The molecular weight excluding hydrogens is 722 g/mol. The third kappa shape index (κ3) is 14.9. The topological polar surface area (TPSA) is 181 Å². The van der Waals surface area contributed by atoms with Gasteiger partial charge in [-0.05, 0) is 37.5 Å². The van der Waals surface area contributed by atoms with Crippen LogP contribution >= 0.6 is 0 Å². The molecule has 0 bridgehead atoms. The number of carboxylic acid groups (broad SMARTS) is 4. The van der Waals surface area contributed by atoms with E-state index in [-0.39, 0.29) is 112 Å². The summed E-state index contributed by atoms with van der Waals surface area (Å²) < 4.78 is 10.9. The average Bonchev–Trinajstić information content (AvgIpc) is 2.94. The van der Waals surface area contributed by atoms with E-state index in [1.54, 1.807) is 50.8 Å². The number of carboxylic acids is 4. The van der Waals surface area contributed by atoms with Gasteiger partial charge in [-0.15, -0.1) is 0 Å². The Bertz CT molecular complexity index is 1000. The minimum atomic E-state index is -1.04. The Morgan fingerprint density at radius 1 is 0.705 bits per heavy atom. The van der Waals surface area contributed by atoms with Gasteiger partial charge in [-0.2, -0.15) is 0 Å². The van der Waals surface area contributed by atoms with Crippen molar-refractivity contribution in [2.24, 2.45) is 0 Å². The molecule has 1 saturated heterocycles. The zero-order chi connectivity index (χ0) is 31.8. The van der Waals surface area contributed by atoms with Crippen molar-refractivity contribution in [2.75, 3.05) is 85.3 Å². The molecule has 2 unspecified atom stereocenters. The fraction of sp³-hybridized carbons (Fsp3) is 0.655. The summed E-state index contributed by atoms with van der Waals surface area (Å²) in [7, 11) is 0. The summed E-state index contributed by atoms with van der Waals surface area (Å²) in [6, 6.07) is 5.40. The van der Waals surface area contributed by atoms with Gasteiger partial charge in [-0.25, -0.2) is 0 Å². The first-order valence-corrected chi connectivity index (χ1v) is 14.6. The quantitative estimate of drug-likeness (QED) is 0.169. The van der Waals surface area contributed by atoms with Crippen molar-refractivity contribution < 1.29 is 89.0 Å². The van der Waals surface area contributed by atoms with E-state index >= 15 is 0 Å². The maximum atomic E-state index is 12.5. The molecule has 1 aromatic rings. The molecule has 2 rings (SSSR count). The molecule has 250 valence electrons. The van der Waals surface area contributed by atoms with E-state index in [0.717, 1.165) is 5.56 Å². The van der Waals surface area contributed by atoms with Crippen molar-refractivity contribution in [2.45, 2.75) is 38.8 Å². The number of hydrogen-bond donors (Lipinski definition) is 4. The summed E-state index contributed by atoms with van der Waals surface area (Å²) >= 11 is 0. The van der Waals surface area contributed by atoms with Crippen LogP contribution in [0.1, 0.15) is 25.8 Å². The van der Waals surface area contributed by atoms with E-state index < -0.39 is 36.0 Å². The Labute approximate surface area is 290 Å². The zero-order valence-corrected chi connectivity index (χ0v) is 27.7. The first-order chi connectivity index (χ1) is 20.5. The smallest absolute Gasteiger partial charge is 0.321 e. The Hall–Kier alpha value is -1.98. The fourth-order valence-corrected chi connectivity index (χ4v) is 5.12. The predicted octanol–water partition coefficient (Wildman–Crippen LogP) is 0.352. The Balaban J connectivity index is 0.00000968. The minimum Gasteiger partial charge on any atom is -0.491 e. The zero-order valence-electron chi connectivity index (χ0n) is 25.5. The van der Waals surface area contributed by atoms with Gasteiger partial charge in [0.05, 0.1) is 19.7 Å². The SMILES string of the molecule is CCOCCOc1ccc(CC(C(=O)O)N2CCN(CC(=O)O)CCN(C(CC)C(=O)O)CCN(CC(=O)O)CC2)cc1.[Gd]. The number of aliphatic carboxylic acids is 4. The van der Waals surface area contributed by atoms with Crippen LogP contribution in [0.25, 0.3) is 0 Å². The van der Waals surface area contributed by atoms with Gasteiger partial charge in [0.25, 0.3) is 0 Å². The maximum absolute atomic E-state index is 12.5. The van der Waals surface area contributed by atoms with Crippen LogP contribution in [-0.2, 0) is 30.3 Å². The molecule has 1 aliphatic heterocycles. The van der Waals surface area contributed by atoms with Crippen LogP contribution in [0.15, 0.2) is 24.3 Å². The van der Waals surface area contributed by atoms with Crippen molar-refractivity contribution in [1.82, 2.24) is 19.6 Å². The van der Waals surface area contributed by atoms with Crippen LogP contribution in [-0.4, -0.2) is 161 Å². The molecule has 2 atom stereocenters. The van der Waals surface area contributed by atoms with Gasteiger partial charge in [0.2, 0.25) is 0 Å². The van der Waals surface area contributed by atoms with Gasteiger partial charge in [-0.1, -0.05) is 19.1 Å². The van der Waals surface area contributed by atoms with E-state index in [9.17, 15) is 39.6 Å². The number of carbonyl (C=O) groups is 4. The van der Waals surface area contributed by atoms with E-state index in [1.807, 2.05) is 6.92 Å². The molecule has 1 heterocycles. The number of benzene rings is 1. The second-order valence-corrected chi connectivity index (χ2v) is 10.4. The number of ether oxygens (including phenoxy) is 2. The van der Waals surface area contributed by atoms with Crippen LogP contribution in [0.5, 0.6) is 5.75 Å². The summed E-state index contributed by atoms with van der Waals surface area (Å²) in [6.45, 7) is 6.51. The van der Waals surface area contributed by atoms with Gasteiger partial charge in [0.15, 0.2) is 0 Å². The van der Waals surface area contributed by atoms with E-state index in [0.29, 0.717) is 32.0 Å². The van der Waals surface area contributed by atoms with Crippen molar-refractivity contribution >= 4 is 23.9 Å². The third-order valence-electron chi connectivity index (χ3n) is 7.42. The summed E-state index contributed by atoms with van der Waals surface area (Å²) in [5, 5.41) is 39.0. The van der Waals surface area contributed by atoms with Crippen LogP contribution in [0.2, 0.25) is 0 Å². The molecule has 1 fully saturated rings. The van der Waals surface area contributed by atoms with Gasteiger partial charge in [-0.3, -0.25) is 38.8 Å². The molecule has 4 N–H and O–H groups in total. The van der Waals surface area contributed by atoms with Gasteiger partial charge in [0, 0.05) is 98.9 Å². The van der Waals surface area contributed by atoms with E-state index in [4.69, 9.17) is 9.47 Å². The second kappa shape index (κ2) is 21.7. The maximum Gasteiger partial charge on any atom is 0.321 e. The second-order valence-electron chi connectivity index (χ2n) is 10.4. The largest absolute Gasteiger partial charge is 0.491 e. The van der Waals surface area contributed by atoms with Crippen molar-refractivity contribution in [3.8, 4) is 5.75 Å². The monoisotopic (exact) mass is 768 g/mol. The number of rotatable bonds is 16. The molecule has 0 aliphatic carbocycles. The minimum absolute atomic E-state index is 0.